The van der Waals surface area contributed by atoms with Gasteiger partial charge in [-0.2, -0.15) is 5.10 Å². The van der Waals surface area contributed by atoms with Gasteiger partial charge in [0, 0.05) is 7.05 Å². The van der Waals surface area contributed by atoms with E-state index in [9.17, 15) is 4.79 Å². The Morgan fingerprint density at radius 3 is 2.88 bits per heavy atom. The minimum absolute atomic E-state index is 0.364. The maximum Gasteiger partial charge on any atom is 0.255 e. The van der Waals surface area contributed by atoms with Crippen LogP contribution in [0.5, 0.6) is 5.88 Å². The summed E-state index contributed by atoms with van der Waals surface area (Å²) in [5.74, 6) is 0.596. The van der Waals surface area contributed by atoms with Crippen LogP contribution in [0.2, 0.25) is 0 Å². The first kappa shape index (κ1) is 12.0. The van der Waals surface area contributed by atoms with Crippen LogP contribution in [-0.2, 0) is 7.05 Å². The second-order valence-corrected chi connectivity index (χ2v) is 4.67. The molecule has 1 aromatic rings. The summed E-state index contributed by atoms with van der Waals surface area (Å²) in [4.78, 5) is 11.2. The van der Waals surface area contributed by atoms with Gasteiger partial charge in [0.15, 0.2) is 0 Å². The van der Waals surface area contributed by atoms with Crippen molar-refractivity contribution in [1.82, 2.24) is 9.78 Å². The normalized spacial score (nSPS) is 17.0. The first-order chi connectivity index (χ1) is 8.18. The topological polar surface area (TPSA) is 70.1 Å². The van der Waals surface area contributed by atoms with Gasteiger partial charge < -0.3 is 10.5 Å². The number of hydrogen-bond acceptors (Lipinski definition) is 3. The average Bonchev–Trinajstić information content (AvgIpc) is 2.69. The van der Waals surface area contributed by atoms with Crippen LogP contribution in [0.1, 0.15) is 42.5 Å². The smallest absolute Gasteiger partial charge is 0.255 e. The number of carbonyl (C=O) groups excluding carboxylic acids is 1. The zero-order valence-corrected chi connectivity index (χ0v) is 10.2. The van der Waals surface area contributed by atoms with Crippen LogP contribution in [0.3, 0.4) is 0 Å². The highest BCUT2D eigenvalue weighted by Crippen LogP contribution is 2.25. The van der Waals surface area contributed by atoms with E-state index in [-0.39, 0.29) is 0 Å². The largest absolute Gasteiger partial charge is 0.477 e. The van der Waals surface area contributed by atoms with Crippen molar-refractivity contribution in [3.05, 3.63) is 11.8 Å². The van der Waals surface area contributed by atoms with Crippen LogP contribution in [0.15, 0.2) is 6.20 Å². The third-order valence-electron chi connectivity index (χ3n) is 3.33. The molecule has 0 spiro atoms. The monoisotopic (exact) mass is 237 g/mol. The Labute approximate surface area is 101 Å². The Kier molecular flexibility index (Phi) is 3.66. The molecule has 0 radical (unpaired) electrons. The Morgan fingerprint density at radius 1 is 1.53 bits per heavy atom. The zero-order chi connectivity index (χ0) is 12.3. The van der Waals surface area contributed by atoms with Gasteiger partial charge in [-0.3, -0.25) is 4.79 Å². The summed E-state index contributed by atoms with van der Waals surface area (Å²) in [6.07, 6.45) is 7.77. The number of ether oxygens (including phenoxy) is 1. The van der Waals surface area contributed by atoms with Gasteiger partial charge in [0.05, 0.1) is 12.8 Å². The van der Waals surface area contributed by atoms with Crippen molar-refractivity contribution in [2.45, 2.75) is 32.1 Å². The van der Waals surface area contributed by atoms with Crippen molar-refractivity contribution in [3.8, 4) is 5.88 Å². The molecule has 0 aliphatic heterocycles. The molecule has 1 aromatic heterocycles. The first-order valence-electron chi connectivity index (χ1n) is 6.13. The molecule has 0 unspecified atom stereocenters. The summed E-state index contributed by atoms with van der Waals surface area (Å²) >= 11 is 0. The third-order valence-corrected chi connectivity index (χ3v) is 3.33. The molecule has 5 nitrogen and oxygen atoms in total. The minimum atomic E-state index is -0.489. The summed E-state index contributed by atoms with van der Waals surface area (Å²) in [7, 11) is 1.75. The SMILES string of the molecule is Cn1ncc(C(N)=O)c1OCC1CCCCC1. The highest BCUT2D eigenvalue weighted by atomic mass is 16.5. The standard InChI is InChI=1S/C12H19N3O2/c1-15-12(10(7-14-15)11(13)16)17-8-9-5-3-2-4-6-9/h7,9H,2-6,8H2,1H3,(H2,13,16). The fourth-order valence-electron chi connectivity index (χ4n) is 2.32. The molecule has 1 aliphatic carbocycles. The number of rotatable bonds is 4. The van der Waals surface area contributed by atoms with Crippen molar-refractivity contribution in [1.29, 1.82) is 0 Å². The van der Waals surface area contributed by atoms with E-state index in [4.69, 9.17) is 10.5 Å². The van der Waals surface area contributed by atoms with Gasteiger partial charge in [-0.05, 0) is 18.8 Å². The lowest BCUT2D eigenvalue weighted by Gasteiger charge is -2.21. The Hall–Kier alpha value is -1.52. The number of aromatic nitrogens is 2. The average molecular weight is 237 g/mol. The van der Waals surface area contributed by atoms with Crippen LogP contribution < -0.4 is 10.5 Å². The van der Waals surface area contributed by atoms with Crippen LogP contribution in [0, 0.1) is 5.92 Å². The predicted octanol–water partition coefficient (Wildman–Crippen LogP) is 1.48. The molecule has 0 saturated heterocycles. The molecule has 0 bridgehead atoms. The van der Waals surface area contributed by atoms with E-state index in [2.05, 4.69) is 5.10 Å². The molecular weight excluding hydrogens is 218 g/mol. The van der Waals surface area contributed by atoms with Gasteiger partial charge in [0.25, 0.3) is 5.91 Å². The number of hydrogen-bond donors (Lipinski definition) is 1. The lowest BCUT2D eigenvalue weighted by molar-refractivity contribution is 0.0993. The molecule has 17 heavy (non-hydrogen) atoms. The highest BCUT2D eigenvalue weighted by molar-refractivity contribution is 5.94. The predicted molar refractivity (Wildman–Crippen MR) is 63.8 cm³/mol. The van der Waals surface area contributed by atoms with E-state index in [0.717, 1.165) is 0 Å². The minimum Gasteiger partial charge on any atom is -0.477 e. The Bertz CT molecular complexity index is 394. The van der Waals surface area contributed by atoms with Gasteiger partial charge >= 0.3 is 0 Å². The fraction of sp³-hybridized carbons (Fsp3) is 0.667. The number of amides is 1. The van der Waals surface area contributed by atoms with Gasteiger partial charge in [-0.15, -0.1) is 0 Å². The molecular formula is C12H19N3O2. The van der Waals surface area contributed by atoms with Gasteiger partial charge in [0.1, 0.15) is 5.56 Å². The lowest BCUT2D eigenvalue weighted by atomic mass is 9.90. The van der Waals surface area contributed by atoms with Crippen LogP contribution >= 0.6 is 0 Å². The van der Waals surface area contributed by atoms with E-state index < -0.39 is 5.91 Å². The molecule has 1 saturated carbocycles. The van der Waals surface area contributed by atoms with Crippen molar-refractivity contribution in [2.75, 3.05) is 6.61 Å². The number of primary amides is 1. The number of nitrogens with zero attached hydrogens (tertiary/aromatic N) is 2. The van der Waals surface area contributed by atoms with Crippen LogP contribution in [0.4, 0.5) is 0 Å². The lowest BCUT2D eigenvalue weighted by Crippen LogP contribution is -2.18. The van der Waals surface area contributed by atoms with E-state index in [0.29, 0.717) is 24.0 Å². The molecule has 1 heterocycles. The second kappa shape index (κ2) is 5.21. The van der Waals surface area contributed by atoms with E-state index in [1.165, 1.54) is 38.3 Å². The highest BCUT2D eigenvalue weighted by Gasteiger charge is 2.18. The van der Waals surface area contributed by atoms with Gasteiger partial charge in [-0.25, -0.2) is 4.68 Å². The number of nitrogens with two attached hydrogens (primary N) is 1. The van der Waals surface area contributed by atoms with Crippen LogP contribution in [0.25, 0.3) is 0 Å². The van der Waals surface area contributed by atoms with Crippen molar-refractivity contribution < 1.29 is 9.53 Å². The Morgan fingerprint density at radius 2 is 2.24 bits per heavy atom. The summed E-state index contributed by atoms with van der Waals surface area (Å²) in [5, 5.41) is 3.99. The van der Waals surface area contributed by atoms with Crippen molar-refractivity contribution in [2.24, 2.45) is 18.7 Å². The van der Waals surface area contributed by atoms with E-state index >= 15 is 0 Å². The van der Waals surface area contributed by atoms with Crippen molar-refractivity contribution in [3.63, 3.8) is 0 Å². The molecule has 2 N–H and O–H groups in total. The molecule has 1 amide bonds. The molecule has 94 valence electrons. The van der Waals surface area contributed by atoms with Gasteiger partial charge in [0.2, 0.25) is 5.88 Å². The maximum absolute atomic E-state index is 11.2. The summed E-state index contributed by atoms with van der Waals surface area (Å²) in [6.45, 7) is 0.653. The second-order valence-electron chi connectivity index (χ2n) is 4.67. The zero-order valence-electron chi connectivity index (χ0n) is 10.2. The summed E-state index contributed by atoms with van der Waals surface area (Å²) in [5.41, 5.74) is 5.63. The quantitative estimate of drug-likeness (QED) is 0.862. The Balaban J connectivity index is 1.97. The van der Waals surface area contributed by atoms with Gasteiger partial charge in [-0.1, -0.05) is 19.3 Å². The number of carbonyl (C=O) groups is 1. The number of aryl methyl sites for hydroxylation is 1. The molecule has 1 fully saturated rings. The molecule has 1 aliphatic rings. The third kappa shape index (κ3) is 2.78. The van der Waals surface area contributed by atoms with Crippen molar-refractivity contribution >= 4 is 5.91 Å². The summed E-state index contributed by atoms with van der Waals surface area (Å²) < 4.78 is 7.27. The molecule has 0 aromatic carbocycles. The van der Waals surface area contributed by atoms with Crippen LogP contribution in [-0.4, -0.2) is 22.3 Å². The fourth-order valence-corrected chi connectivity index (χ4v) is 2.32. The molecule has 0 atom stereocenters. The maximum atomic E-state index is 11.2. The van der Waals surface area contributed by atoms with E-state index in [1.54, 1.807) is 11.7 Å². The molecule has 5 heteroatoms. The summed E-state index contributed by atoms with van der Waals surface area (Å²) in [6, 6.07) is 0. The van der Waals surface area contributed by atoms with E-state index in [1.807, 2.05) is 0 Å². The first-order valence-corrected chi connectivity index (χ1v) is 6.13. The molecule has 2 rings (SSSR count).